The zero-order valence-electron chi connectivity index (χ0n) is 23.5. The smallest absolute Gasteiger partial charge is 0.449 e. The second kappa shape index (κ2) is 10.1. The Morgan fingerprint density at radius 2 is 1.55 bits per heavy atom. The number of hydrogen-bond acceptors (Lipinski definition) is 5. The predicted molar refractivity (Wildman–Crippen MR) is 156 cm³/mol. The molecule has 0 radical (unpaired) electrons. The van der Waals surface area contributed by atoms with Crippen molar-refractivity contribution in [2.45, 2.75) is 57.7 Å². The number of alkyl carbamates (subject to hydrolysis) is 1. The normalized spacial score (nSPS) is 18.9. The molecule has 40 heavy (non-hydrogen) atoms. The predicted octanol–water partition coefficient (Wildman–Crippen LogP) is 6.37. The van der Waals surface area contributed by atoms with Crippen molar-refractivity contribution in [2.24, 2.45) is 0 Å². The molecule has 1 amide bonds. The molecule has 0 atom stereocenters. The summed E-state index contributed by atoms with van der Waals surface area (Å²) >= 11 is 0. The molecule has 6 rings (SSSR count). The van der Waals surface area contributed by atoms with Gasteiger partial charge in [-0.05, 0) is 73.0 Å². The van der Waals surface area contributed by atoms with Crippen molar-refractivity contribution in [3.63, 3.8) is 0 Å². The number of rotatable bonds is 6. The Hall–Kier alpha value is -3.68. The molecule has 0 spiro atoms. The van der Waals surface area contributed by atoms with E-state index in [1.165, 1.54) is 22.3 Å². The van der Waals surface area contributed by atoms with Crippen molar-refractivity contribution < 1.29 is 23.6 Å². The van der Waals surface area contributed by atoms with Crippen LogP contribution in [0.4, 0.5) is 4.79 Å². The van der Waals surface area contributed by atoms with Crippen LogP contribution in [0.3, 0.4) is 0 Å². The SMILES string of the molecule is CC1(C)OB(C(=Cc2ccc3c(c2)CCC3=O)CNC(=O)OCC2c3ccccc3-c3ccccc32)OC1(C)C. The lowest BCUT2D eigenvalue weighted by Gasteiger charge is -2.32. The third-order valence-electron chi connectivity index (χ3n) is 8.74. The monoisotopic (exact) mass is 535 g/mol. The summed E-state index contributed by atoms with van der Waals surface area (Å²) in [6.07, 6.45) is 2.79. The molecule has 3 aliphatic rings. The highest BCUT2D eigenvalue weighted by molar-refractivity contribution is 6.56. The molecular formula is C33H34BNO5. The minimum Gasteiger partial charge on any atom is -0.449 e. The maximum atomic E-state index is 13.0. The summed E-state index contributed by atoms with van der Waals surface area (Å²) in [6.45, 7) is 8.46. The molecule has 1 heterocycles. The Kier molecular flexibility index (Phi) is 6.67. The fraction of sp³-hybridized carbons (Fsp3) is 0.333. The molecular weight excluding hydrogens is 501 g/mol. The second-order valence-corrected chi connectivity index (χ2v) is 11.8. The van der Waals surface area contributed by atoms with E-state index >= 15 is 0 Å². The van der Waals surface area contributed by atoms with Crippen LogP contribution in [0.2, 0.25) is 0 Å². The van der Waals surface area contributed by atoms with Crippen LogP contribution >= 0.6 is 0 Å². The average molecular weight is 535 g/mol. The summed E-state index contributed by atoms with van der Waals surface area (Å²) in [5.74, 6) is 0.180. The first-order chi connectivity index (χ1) is 19.1. The number of hydrogen-bond donors (Lipinski definition) is 1. The van der Waals surface area contributed by atoms with Crippen molar-refractivity contribution in [2.75, 3.05) is 13.2 Å². The van der Waals surface area contributed by atoms with Crippen LogP contribution in [0.25, 0.3) is 17.2 Å². The Labute approximate surface area is 235 Å². The van der Waals surface area contributed by atoms with Crippen LogP contribution in [-0.2, 0) is 20.5 Å². The maximum Gasteiger partial charge on any atom is 0.492 e. The van der Waals surface area contributed by atoms with Gasteiger partial charge in [-0.15, -0.1) is 0 Å². The highest BCUT2D eigenvalue weighted by Crippen LogP contribution is 2.44. The molecule has 3 aromatic carbocycles. The Morgan fingerprint density at radius 3 is 2.20 bits per heavy atom. The Balaban J connectivity index is 1.18. The van der Waals surface area contributed by atoms with Gasteiger partial charge in [0.1, 0.15) is 6.61 Å². The molecule has 0 aromatic heterocycles. The van der Waals surface area contributed by atoms with Gasteiger partial charge in [0.05, 0.1) is 11.2 Å². The summed E-state index contributed by atoms with van der Waals surface area (Å²) in [5, 5.41) is 2.92. The van der Waals surface area contributed by atoms with Crippen molar-refractivity contribution in [3.05, 3.63) is 100 Å². The van der Waals surface area contributed by atoms with Crippen molar-refractivity contribution in [1.29, 1.82) is 0 Å². The number of Topliss-reactive ketones (excluding diaryl/α,β-unsaturated/α-hetero) is 1. The minimum absolute atomic E-state index is 0.00890. The summed E-state index contributed by atoms with van der Waals surface area (Å²) in [4.78, 5) is 25.1. The summed E-state index contributed by atoms with van der Waals surface area (Å²) < 4.78 is 18.4. The van der Waals surface area contributed by atoms with Crippen LogP contribution in [0, 0.1) is 0 Å². The van der Waals surface area contributed by atoms with E-state index in [0.717, 1.165) is 28.6 Å². The van der Waals surface area contributed by atoms with Gasteiger partial charge in [0.15, 0.2) is 5.78 Å². The Bertz CT molecular complexity index is 1460. The number of carbonyl (C=O) groups excluding carboxylic acids is 2. The second-order valence-electron chi connectivity index (χ2n) is 11.8. The lowest BCUT2D eigenvalue weighted by molar-refractivity contribution is 0.00578. The summed E-state index contributed by atoms with van der Waals surface area (Å²) in [5.41, 5.74) is 7.24. The first kappa shape index (κ1) is 26.5. The van der Waals surface area contributed by atoms with Gasteiger partial charge in [-0.3, -0.25) is 4.79 Å². The van der Waals surface area contributed by atoms with Gasteiger partial charge in [0, 0.05) is 24.4 Å². The van der Waals surface area contributed by atoms with Gasteiger partial charge < -0.3 is 19.4 Å². The van der Waals surface area contributed by atoms with Gasteiger partial charge in [0.2, 0.25) is 0 Å². The molecule has 3 aromatic rings. The maximum absolute atomic E-state index is 13.0. The number of nitrogens with one attached hydrogen (secondary N) is 1. The quantitative estimate of drug-likeness (QED) is 0.372. The number of ketones is 1. The van der Waals surface area contributed by atoms with Crippen LogP contribution in [0.15, 0.2) is 72.2 Å². The minimum atomic E-state index is -0.631. The van der Waals surface area contributed by atoms with Gasteiger partial charge >= 0.3 is 13.2 Å². The third kappa shape index (κ3) is 4.78. The summed E-state index contributed by atoms with van der Waals surface area (Å²) in [7, 11) is -0.631. The molecule has 1 N–H and O–H groups in total. The van der Waals surface area contributed by atoms with E-state index < -0.39 is 24.4 Å². The number of benzene rings is 3. The molecule has 0 unspecified atom stereocenters. The molecule has 7 heteroatoms. The molecule has 204 valence electrons. The molecule has 1 fully saturated rings. The number of ether oxygens (including phenoxy) is 1. The standard InChI is InChI=1S/C33H34BNO5/c1-32(2)33(3,4)40-34(39-32)23(18-21-13-15-24-22(17-21)14-16-30(24)36)19-35-31(37)38-20-29-27-11-7-5-9-25(27)26-10-6-8-12-28(26)29/h5-13,15,17-18,29H,14,16,19-20H2,1-4H3,(H,35,37). The fourth-order valence-corrected chi connectivity index (χ4v) is 5.80. The van der Waals surface area contributed by atoms with E-state index in [4.69, 9.17) is 14.0 Å². The van der Waals surface area contributed by atoms with Crippen molar-refractivity contribution in [3.8, 4) is 11.1 Å². The molecule has 2 aliphatic carbocycles. The van der Waals surface area contributed by atoms with Crippen LogP contribution in [0.5, 0.6) is 0 Å². The van der Waals surface area contributed by atoms with E-state index in [0.29, 0.717) is 6.42 Å². The lowest BCUT2D eigenvalue weighted by atomic mass is 9.77. The van der Waals surface area contributed by atoms with Gasteiger partial charge in [-0.2, -0.15) is 0 Å². The topological polar surface area (TPSA) is 73.9 Å². The fourth-order valence-electron chi connectivity index (χ4n) is 5.80. The van der Waals surface area contributed by atoms with Crippen LogP contribution in [-0.4, -0.2) is 43.3 Å². The Morgan fingerprint density at radius 1 is 0.925 bits per heavy atom. The highest BCUT2D eigenvalue weighted by atomic mass is 16.7. The van der Waals surface area contributed by atoms with E-state index in [1.54, 1.807) is 0 Å². The first-order valence-corrected chi connectivity index (χ1v) is 13.9. The summed E-state index contributed by atoms with van der Waals surface area (Å²) in [6, 6.07) is 22.4. The molecule has 6 nitrogen and oxygen atoms in total. The van der Waals surface area contributed by atoms with E-state index in [9.17, 15) is 9.59 Å². The zero-order chi connectivity index (χ0) is 28.1. The van der Waals surface area contributed by atoms with Crippen LogP contribution < -0.4 is 5.32 Å². The van der Waals surface area contributed by atoms with E-state index in [1.807, 2.05) is 76.2 Å². The third-order valence-corrected chi connectivity index (χ3v) is 8.74. The largest absolute Gasteiger partial charge is 0.492 e. The van der Waals surface area contributed by atoms with Gasteiger partial charge in [0.25, 0.3) is 0 Å². The number of aryl methyl sites for hydroxylation is 1. The van der Waals surface area contributed by atoms with E-state index in [-0.39, 0.29) is 24.9 Å². The molecule has 1 aliphatic heterocycles. The average Bonchev–Trinajstić information content (AvgIpc) is 3.53. The first-order valence-electron chi connectivity index (χ1n) is 13.9. The van der Waals surface area contributed by atoms with E-state index in [2.05, 4.69) is 29.6 Å². The van der Waals surface area contributed by atoms with Crippen molar-refractivity contribution >= 4 is 25.1 Å². The van der Waals surface area contributed by atoms with Crippen LogP contribution in [0.1, 0.15) is 72.6 Å². The number of carbonyl (C=O) groups is 2. The lowest BCUT2D eigenvalue weighted by Crippen LogP contribution is -2.41. The van der Waals surface area contributed by atoms with Gasteiger partial charge in [-0.25, -0.2) is 4.79 Å². The molecule has 0 saturated carbocycles. The molecule has 0 bridgehead atoms. The van der Waals surface area contributed by atoms with Gasteiger partial charge in [-0.1, -0.05) is 72.8 Å². The number of amides is 1. The van der Waals surface area contributed by atoms with Crippen molar-refractivity contribution in [1.82, 2.24) is 5.32 Å². The number of fused-ring (bicyclic) bond motifs is 4. The zero-order valence-corrected chi connectivity index (χ0v) is 23.5. The molecule has 1 saturated heterocycles. The highest BCUT2D eigenvalue weighted by Gasteiger charge is 2.52.